The molecule has 0 unspecified atom stereocenters. The van der Waals surface area contributed by atoms with E-state index >= 15 is 0 Å². The van der Waals surface area contributed by atoms with Gasteiger partial charge in [-0.1, -0.05) is 12.8 Å². The Labute approximate surface area is 127 Å². The molecule has 0 aromatic carbocycles. The Morgan fingerprint density at radius 3 is 2.29 bits per heavy atom. The van der Waals surface area contributed by atoms with Gasteiger partial charge in [-0.3, -0.25) is 9.00 Å². The Hall–Kier alpha value is -1.04. The van der Waals surface area contributed by atoms with Crippen LogP contribution in [-0.2, 0) is 19.1 Å². The van der Waals surface area contributed by atoms with Crippen LogP contribution in [0.1, 0.15) is 46.5 Å². The molecule has 1 aliphatic carbocycles. The highest BCUT2D eigenvalue weighted by Crippen LogP contribution is 2.25. The van der Waals surface area contributed by atoms with Gasteiger partial charge in [0, 0.05) is 29.8 Å². The number of nitrogens with one attached hydrogen (secondary N) is 1. The highest BCUT2D eigenvalue weighted by Gasteiger charge is 2.32. The maximum Gasteiger partial charge on any atom is 0.407 e. The van der Waals surface area contributed by atoms with Crippen LogP contribution in [0.15, 0.2) is 0 Å². The summed E-state index contributed by atoms with van der Waals surface area (Å²) in [6.07, 6.45) is 5.97. The van der Waals surface area contributed by atoms with E-state index in [9.17, 15) is 13.8 Å². The predicted molar refractivity (Wildman–Crippen MR) is 86.2 cm³/mol. The molecular formula is C15H27NO4S. The van der Waals surface area contributed by atoms with Crippen LogP contribution in [0.5, 0.6) is 0 Å². The molecule has 0 bridgehead atoms. The van der Waals surface area contributed by atoms with Gasteiger partial charge in [0.2, 0.25) is 0 Å². The third kappa shape index (κ3) is 6.98. The fourth-order valence-corrected chi connectivity index (χ4v) is 3.20. The van der Waals surface area contributed by atoms with E-state index in [0.29, 0.717) is 6.42 Å². The molecule has 0 spiro atoms. The largest absolute Gasteiger partial charge is 0.444 e. The zero-order valence-electron chi connectivity index (χ0n) is 13.6. The summed E-state index contributed by atoms with van der Waals surface area (Å²) >= 11 is 0. The molecule has 1 aliphatic rings. The average molecular weight is 317 g/mol. The molecule has 1 saturated carbocycles. The normalized spacial score (nSPS) is 23.3. The second kappa shape index (κ2) is 6.81. The van der Waals surface area contributed by atoms with Crippen molar-refractivity contribution in [2.45, 2.75) is 58.1 Å². The molecule has 0 aromatic heterocycles. The molecule has 2 atom stereocenters. The number of Topliss-reactive ketones (excluding diaryl/α,β-unsaturated/α-hetero) is 1. The number of hydrogen-bond donors (Lipinski definition) is 1. The first-order valence-corrected chi connectivity index (χ1v) is 9.74. The van der Waals surface area contributed by atoms with Gasteiger partial charge in [0.25, 0.3) is 0 Å². The first-order valence-electron chi connectivity index (χ1n) is 7.30. The van der Waals surface area contributed by atoms with Crippen LogP contribution in [0.25, 0.3) is 0 Å². The number of rotatable bonds is 3. The number of ether oxygens (including phenoxy) is 1. The number of hydrogen-bond acceptors (Lipinski definition) is 4. The molecule has 6 heteroatoms. The molecule has 0 aliphatic heterocycles. The summed E-state index contributed by atoms with van der Waals surface area (Å²) in [7, 11) is -2.22. The van der Waals surface area contributed by atoms with Gasteiger partial charge in [0.05, 0.1) is 0 Å². The summed E-state index contributed by atoms with van der Waals surface area (Å²) < 4.78 is 17.0. The Morgan fingerprint density at radius 1 is 1.19 bits per heavy atom. The molecule has 5 nitrogen and oxygen atoms in total. The first kappa shape index (κ1) is 18.0. The van der Waals surface area contributed by atoms with Crippen molar-refractivity contribution in [1.29, 1.82) is 0 Å². The molecular weight excluding hydrogens is 290 g/mol. The van der Waals surface area contributed by atoms with E-state index in [1.54, 1.807) is 33.3 Å². The van der Waals surface area contributed by atoms with Crippen molar-refractivity contribution in [3.63, 3.8) is 0 Å². The van der Waals surface area contributed by atoms with Crippen LogP contribution in [0, 0.1) is 5.92 Å². The van der Waals surface area contributed by atoms with Crippen LogP contribution in [-0.4, -0.2) is 45.6 Å². The summed E-state index contributed by atoms with van der Waals surface area (Å²) in [4.78, 5) is 24.1. The molecule has 0 saturated heterocycles. The van der Waals surface area contributed by atoms with E-state index in [2.05, 4.69) is 5.32 Å². The second-order valence-corrected chi connectivity index (χ2v) is 9.83. The van der Waals surface area contributed by atoms with Crippen LogP contribution in [0.4, 0.5) is 4.79 Å². The summed E-state index contributed by atoms with van der Waals surface area (Å²) in [5.74, 6) is -0.433. The summed E-state index contributed by atoms with van der Waals surface area (Å²) in [6.45, 7) is 5.40. The number of amides is 1. The summed E-state index contributed by atoms with van der Waals surface area (Å²) in [5.41, 5.74) is -0.564. The van der Waals surface area contributed by atoms with Gasteiger partial charge >= 0.3 is 6.09 Å². The zero-order valence-corrected chi connectivity index (χ0v) is 14.4. The Bertz CT molecular complexity index is 504. The second-order valence-electron chi connectivity index (χ2n) is 6.97. The smallest absolute Gasteiger partial charge is 0.407 e. The molecule has 1 amide bonds. The van der Waals surface area contributed by atoms with Crippen molar-refractivity contribution < 1.29 is 18.5 Å². The number of ketones is 1. The minimum absolute atomic E-state index is 0.134. The maximum atomic E-state index is 12.3. The van der Waals surface area contributed by atoms with Crippen molar-refractivity contribution in [3.05, 3.63) is 0 Å². The van der Waals surface area contributed by atoms with Crippen molar-refractivity contribution in [2.75, 3.05) is 12.5 Å². The molecule has 0 heterocycles. The van der Waals surface area contributed by atoms with E-state index in [-0.39, 0.29) is 17.7 Å². The number of alkyl carbamates (subject to hydrolysis) is 1. The van der Waals surface area contributed by atoms with Crippen LogP contribution in [0.2, 0.25) is 0 Å². The lowest BCUT2D eigenvalue weighted by atomic mass is 9.82. The lowest BCUT2D eigenvalue weighted by molar-refractivity contribution is -0.117. The van der Waals surface area contributed by atoms with Gasteiger partial charge in [-0.15, -0.1) is 0 Å². The molecule has 1 fully saturated rings. The van der Waals surface area contributed by atoms with Crippen molar-refractivity contribution >= 4 is 26.8 Å². The van der Waals surface area contributed by atoms with Gasteiger partial charge in [0.1, 0.15) is 5.60 Å². The van der Waals surface area contributed by atoms with Crippen LogP contribution < -0.4 is 5.32 Å². The Balaban J connectivity index is 2.77. The minimum atomic E-state index is -2.22. The van der Waals surface area contributed by atoms with Gasteiger partial charge < -0.3 is 10.1 Å². The molecule has 1 rings (SSSR count). The van der Waals surface area contributed by atoms with Crippen molar-refractivity contribution in [3.8, 4) is 0 Å². The van der Waals surface area contributed by atoms with Crippen molar-refractivity contribution in [2.24, 2.45) is 5.92 Å². The topological polar surface area (TPSA) is 72.5 Å². The minimum Gasteiger partial charge on any atom is -0.444 e. The van der Waals surface area contributed by atoms with E-state index < -0.39 is 21.2 Å². The van der Waals surface area contributed by atoms with Gasteiger partial charge in [-0.25, -0.2) is 4.79 Å². The molecule has 0 radical (unpaired) electrons. The van der Waals surface area contributed by atoms with E-state index in [4.69, 9.17) is 4.74 Å². The van der Waals surface area contributed by atoms with Crippen LogP contribution >= 0.6 is 0 Å². The highest BCUT2D eigenvalue weighted by molar-refractivity contribution is 8.01. The number of carbonyl (C=O) groups is 2. The number of carbonyl (C=O) groups excluding carboxylic acids is 2. The Morgan fingerprint density at radius 2 is 1.76 bits per heavy atom. The van der Waals surface area contributed by atoms with E-state index in [1.807, 2.05) is 0 Å². The maximum absolute atomic E-state index is 12.3. The monoisotopic (exact) mass is 317 g/mol. The van der Waals surface area contributed by atoms with Gasteiger partial charge in [-0.2, -0.15) is 0 Å². The van der Waals surface area contributed by atoms with Crippen molar-refractivity contribution in [1.82, 2.24) is 5.32 Å². The predicted octanol–water partition coefficient (Wildman–Crippen LogP) is 1.99. The molecule has 0 aromatic rings. The summed E-state index contributed by atoms with van der Waals surface area (Å²) in [5, 5.41) is 4.11. The fourth-order valence-electron chi connectivity index (χ4n) is 2.47. The average Bonchev–Trinajstić information content (AvgIpc) is 2.24. The zero-order chi connectivity index (χ0) is 16.3. The quantitative estimate of drug-likeness (QED) is 0.808. The molecule has 122 valence electrons. The summed E-state index contributed by atoms with van der Waals surface area (Å²) in [6, 6.07) is -0.237. The lowest BCUT2D eigenvalue weighted by Crippen LogP contribution is -2.47. The third-order valence-electron chi connectivity index (χ3n) is 3.23. The van der Waals surface area contributed by atoms with Gasteiger partial charge in [0.15, 0.2) is 5.78 Å². The SMILES string of the molecule is CC(C)(C)OC(=O)N[C@H]1CCCC[C@H]1C(=O)C=S(C)(C)=O. The standard InChI is InChI=1S/C15H27NO4S/c1-15(2,3)20-14(18)16-12-9-7-6-8-11(12)13(17)10-21(4,5)19/h10-12H,6-9H2,1-5H3,(H,16,18)/t11-,12+/m1/s1. The fraction of sp³-hybridized carbons (Fsp3) is 0.800. The lowest BCUT2D eigenvalue weighted by Gasteiger charge is -2.31. The third-order valence-corrected chi connectivity index (χ3v) is 4.03. The van der Waals surface area contributed by atoms with Gasteiger partial charge in [-0.05, 0) is 43.1 Å². The van der Waals surface area contributed by atoms with Crippen LogP contribution in [0.3, 0.4) is 0 Å². The first-order chi connectivity index (χ1) is 9.48. The molecule has 21 heavy (non-hydrogen) atoms. The van der Waals surface area contributed by atoms with E-state index in [1.165, 1.54) is 5.37 Å². The highest BCUT2D eigenvalue weighted by atomic mass is 32.2. The molecule has 1 N–H and O–H groups in total. The van der Waals surface area contributed by atoms with E-state index in [0.717, 1.165) is 19.3 Å². The Kier molecular flexibility index (Phi) is 5.84.